The van der Waals surface area contributed by atoms with E-state index in [1.54, 1.807) is 0 Å². The van der Waals surface area contributed by atoms with Gasteiger partial charge in [0.2, 0.25) is 0 Å². The molecule has 0 amide bonds. The molecule has 0 unspecified atom stereocenters. The third-order valence-corrected chi connectivity index (χ3v) is 1.89. The van der Waals surface area contributed by atoms with Gasteiger partial charge >= 0.3 is 8.25 Å². The van der Waals surface area contributed by atoms with Gasteiger partial charge in [0.15, 0.2) is 0 Å². The zero-order valence-corrected chi connectivity index (χ0v) is 9.21. The van der Waals surface area contributed by atoms with Crippen molar-refractivity contribution in [3.63, 3.8) is 0 Å². The molecule has 0 aliphatic carbocycles. The third kappa shape index (κ3) is 12.5. The summed E-state index contributed by atoms with van der Waals surface area (Å²) in [5, 5.41) is 0. The summed E-state index contributed by atoms with van der Waals surface area (Å²) >= 11 is 0. The predicted octanol–water partition coefficient (Wildman–Crippen LogP) is 0.372. The Morgan fingerprint density at radius 3 is 1.77 bits per heavy atom. The van der Waals surface area contributed by atoms with Crippen molar-refractivity contribution < 1.29 is 30.7 Å². The molecule has 1 fully saturated rings. The maximum atomic E-state index is 10.4. The van der Waals surface area contributed by atoms with Crippen molar-refractivity contribution in [3.8, 4) is 0 Å². The van der Waals surface area contributed by atoms with Gasteiger partial charge in [0.25, 0.3) is 0 Å². The average molecular weight is 259 g/mol. The van der Waals surface area contributed by atoms with E-state index >= 15 is 0 Å². The molecule has 7 heteroatoms. The van der Waals surface area contributed by atoms with Crippen molar-refractivity contribution in [1.29, 1.82) is 0 Å². The molecule has 1 radical (unpaired) electrons. The molecular weight excluding hydrogens is 243 g/mol. The van der Waals surface area contributed by atoms with Gasteiger partial charge in [0, 0.05) is 34.7 Å². The van der Waals surface area contributed by atoms with E-state index in [9.17, 15) is 4.57 Å². The van der Waals surface area contributed by atoms with Crippen LogP contribution in [0.25, 0.3) is 0 Å². The van der Waals surface area contributed by atoms with Crippen molar-refractivity contribution in [2.45, 2.75) is 12.8 Å². The zero-order chi connectivity index (χ0) is 9.23. The number of hydrogen-bond donors (Lipinski definition) is 2. The van der Waals surface area contributed by atoms with E-state index < -0.39 is 8.25 Å². The van der Waals surface area contributed by atoms with Crippen molar-refractivity contribution in [1.82, 2.24) is 0 Å². The SMILES string of the molecule is NCCN.O=[P+]1OCCCCO1.[Cu]. The largest absolute Gasteiger partial charge is 0.697 e. The fourth-order valence-electron chi connectivity index (χ4n) is 0.520. The van der Waals surface area contributed by atoms with Gasteiger partial charge in [-0.05, 0) is 12.8 Å². The van der Waals surface area contributed by atoms with Gasteiger partial charge in [-0.3, -0.25) is 0 Å². The van der Waals surface area contributed by atoms with Gasteiger partial charge in [-0.1, -0.05) is 0 Å². The van der Waals surface area contributed by atoms with Gasteiger partial charge in [-0.2, -0.15) is 0 Å². The molecule has 0 bridgehead atoms. The van der Waals surface area contributed by atoms with Crippen LogP contribution < -0.4 is 11.5 Å². The maximum Gasteiger partial charge on any atom is 0.697 e. The van der Waals surface area contributed by atoms with E-state index in [2.05, 4.69) is 9.05 Å². The summed E-state index contributed by atoms with van der Waals surface area (Å²) in [6, 6.07) is 0. The van der Waals surface area contributed by atoms with Gasteiger partial charge in [-0.25, -0.2) is 0 Å². The Kier molecular flexibility index (Phi) is 15.2. The zero-order valence-electron chi connectivity index (χ0n) is 7.37. The molecule has 1 aliphatic heterocycles. The fraction of sp³-hybridized carbons (Fsp3) is 1.00. The van der Waals surface area contributed by atoms with Crippen molar-refractivity contribution in [3.05, 3.63) is 0 Å². The summed E-state index contributed by atoms with van der Waals surface area (Å²) in [6.45, 7) is 2.35. The van der Waals surface area contributed by atoms with Crippen LogP contribution in [-0.4, -0.2) is 26.3 Å². The Morgan fingerprint density at radius 1 is 1.08 bits per heavy atom. The summed E-state index contributed by atoms with van der Waals surface area (Å²) in [5.41, 5.74) is 9.81. The molecule has 1 heterocycles. The summed E-state index contributed by atoms with van der Waals surface area (Å²) in [7, 11) is -1.77. The van der Waals surface area contributed by atoms with Crippen LogP contribution in [-0.2, 0) is 30.7 Å². The first-order valence-corrected chi connectivity index (χ1v) is 5.04. The summed E-state index contributed by atoms with van der Waals surface area (Å²) in [4.78, 5) is 0. The topological polar surface area (TPSA) is 87.6 Å². The van der Waals surface area contributed by atoms with Crippen LogP contribution in [0, 0.1) is 0 Å². The standard InChI is InChI=1S/C4H8O3P.C2H8N2.Cu/c5-8-6-3-1-2-4-7-8;3-1-2-4;/h1-4H2;1-4H2;/q+1;;. The molecule has 83 valence electrons. The first-order chi connectivity index (χ1) is 5.81. The minimum absolute atomic E-state index is 0. The Hall–Kier alpha value is 0.459. The monoisotopic (exact) mass is 258 g/mol. The molecule has 0 atom stereocenters. The molecule has 1 aliphatic rings. The van der Waals surface area contributed by atoms with Crippen molar-refractivity contribution in [2.24, 2.45) is 11.5 Å². The van der Waals surface area contributed by atoms with Gasteiger partial charge in [-0.15, -0.1) is 9.05 Å². The van der Waals surface area contributed by atoms with E-state index in [4.69, 9.17) is 11.5 Å². The molecule has 0 aromatic heterocycles. The number of rotatable bonds is 1. The quantitative estimate of drug-likeness (QED) is 0.524. The normalized spacial score (nSPS) is 16.3. The van der Waals surface area contributed by atoms with Gasteiger partial charge in [0.05, 0.1) is 0 Å². The second kappa shape index (κ2) is 12.5. The first kappa shape index (κ1) is 15.9. The Labute approximate surface area is 89.9 Å². The van der Waals surface area contributed by atoms with Crippen LogP contribution in [0.4, 0.5) is 0 Å². The van der Waals surface area contributed by atoms with Gasteiger partial charge in [0.1, 0.15) is 13.2 Å². The van der Waals surface area contributed by atoms with E-state index in [1.165, 1.54) is 0 Å². The molecule has 0 saturated carbocycles. The fourth-order valence-corrected chi connectivity index (χ4v) is 1.15. The molecule has 0 aromatic carbocycles. The summed E-state index contributed by atoms with van der Waals surface area (Å²) in [5.74, 6) is 0. The first-order valence-electron chi connectivity index (χ1n) is 3.94. The van der Waals surface area contributed by atoms with Crippen LogP contribution in [0.1, 0.15) is 12.8 Å². The molecule has 1 rings (SSSR count). The third-order valence-electron chi connectivity index (χ3n) is 1.10. The Balaban J connectivity index is 0. The second-order valence-corrected chi connectivity index (χ2v) is 3.14. The molecule has 0 spiro atoms. The van der Waals surface area contributed by atoms with Crippen LogP contribution in [0.5, 0.6) is 0 Å². The van der Waals surface area contributed by atoms with Crippen LogP contribution in [0.2, 0.25) is 0 Å². The predicted molar refractivity (Wildman–Crippen MR) is 46.9 cm³/mol. The molecule has 1 saturated heterocycles. The summed E-state index contributed by atoms with van der Waals surface area (Å²) < 4.78 is 19.8. The molecule has 0 aromatic rings. The summed E-state index contributed by atoms with van der Waals surface area (Å²) in [6.07, 6.45) is 1.92. The van der Waals surface area contributed by atoms with Crippen LogP contribution in [0.3, 0.4) is 0 Å². The van der Waals surface area contributed by atoms with E-state index in [1.807, 2.05) is 0 Å². The van der Waals surface area contributed by atoms with Crippen molar-refractivity contribution >= 4 is 8.25 Å². The molecule has 4 N–H and O–H groups in total. The number of hydrogen-bond acceptors (Lipinski definition) is 5. The minimum atomic E-state index is -1.77. The molecular formula is C6H16CuN2O3P+. The Morgan fingerprint density at radius 2 is 1.46 bits per heavy atom. The van der Waals surface area contributed by atoms with E-state index in [0.29, 0.717) is 26.3 Å². The molecule has 5 nitrogen and oxygen atoms in total. The van der Waals surface area contributed by atoms with Crippen LogP contribution >= 0.6 is 8.25 Å². The van der Waals surface area contributed by atoms with Crippen LogP contribution in [0.15, 0.2) is 0 Å². The second-order valence-electron chi connectivity index (χ2n) is 2.17. The average Bonchev–Trinajstić information content (AvgIpc) is 2.33. The molecule has 13 heavy (non-hydrogen) atoms. The van der Waals surface area contributed by atoms with E-state index in [0.717, 1.165) is 12.8 Å². The van der Waals surface area contributed by atoms with Gasteiger partial charge < -0.3 is 11.5 Å². The minimum Gasteiger partial charge on any atom is -0.329 e. The Bertz CT molecular complexity index is 116. The smallest absolute Gasteiger partial charge is 0.329 e. The van der Waals surface area contributed by atoms with Crippen molar-refractivity contribution in [2.75, 3.05) is 26.3 Å². The number of nitrogens with two attached hydrogens (primary N) is 2. The maximum absolute atomic E-state index is 10.4. The van der Waals surface area contributed by atoms with E-state index in [-0.39, 0.29) is 17.1 Å².